The van der Waals surface area contributed by atoms with Crippen LogP contribution in [-0.4, -0.2) is 12.6 Å². The first-order chi connectivity index (χ1) is 7.61. The second-order valence-electron chi connectivity index (χ2n) is 4.60. The lowest BCUT2D eigenvalue weighted by Gasteiger charge is -2.10. The van der Waals surface area contributed by atoms with Crippen molar-refractivity contribution in [2.24, 2.45) is 0 Å². The van der Waals surface area contributed by atoms with Gasteiger partial charge in [-0.05, 0) is 18.9 Å². The molecule has 0 fully saturated rings. The largest absolute Gasteiger partial charge is 0.311 e. The quantitative estimate of drug-likeness (QED) is 0.791. The number of rotatable bonds is 5. The Labute approximate surface area is 99.6 Å². The first-order valence-electron chi connectivity index (χ1n) is 6.11. The predicted molar refractivity (Wildman–Crippen MR) is 72.6 cm³/mol. The zero-order chi connectivity index (χ0) is 12.0. The molecule has 0 radical (unpaired) electrons. The fourth-order valence-electron chi connectivity index (χ4n) is 1.51. The van der Waals surface area contributed by atoms with E-state index in [9.17, 15) is 0 Å². The van der Waals surface area contributed by atoms with Crippen LogP contribution in [0.15, 0.2) is 29.8 Å². The van der Waals surface area contributed by atoms with Crippen LogP contribution in [0, 0.1) is 6.92 Å². The summed E-state index contributed by atoms with van der Waals surface area (Å²) in [6.45, 7) is 9.68. The lowest BCUT2D eigenvalue weighted by atomic mass is 10.1. The summed E-state index contributed by atoms with van der Waals surface area (Å²) >= 11 is 0. The molecule has 88 valence electrons. The minimum Gasteiger partial charge on any atom is -0.311 e. The van der Waals surface area contributed by atoms with Gasteiger partial charge in [0.25, 0.3) is 0 Å². The summed E-state index contributed by atoms with van der Waals surface area (Å²) < 4.78 is 0. The molecule has 0 aliphatic carbocycles. The molecule has 0 saturated heterocycles. The molecule has 0 saturated carbocycles. The minimum absolute atomic E-state index is 0.549. The summed E-state index contributed by atoms with van der Waals surface area (Å²) in [7, 11) is 0. The van der Waals surface area contributed by atoms with Crippen molar-refractivity contribution in [2.75, 3.05) is 6.54 Å². The highest BCUT2D eigenvalue weighted by molar-refractivity contribution is 5.53. The first kappa shape index (κ1) is 13.0. The van der Waals surface area contributed by atoms with Gasteiger partial charge in [0, 0.05) is 12.6 Å². The topological polar surface area (TPSA) is 12.0 Å². The van der Waals surface area contributed by atoms with Crippen molar-refractivity contribution >= 4 is 6.08 Å². The van der Waals surface area contributed by atoms with Crippen LogP contribution in [0.5, 0.6) is 0 Å². The van der Waals surface area contributed by atoms with E-state index >= 15 is 0 Å². The van der Waals surface area contributed by atoms with Crippen molar-refractivity contribution in [3.63, 3.8) is 0 Å². The molecule has 1 N–H and O–H groups in total. The highest BCUT2D eigenvalue weighted by atomic mass is 14.9. The maximum atomic E-state index is 3.46. The summed E-state index contributed by atoms with van der Waals surface area (Å²) in [6, 6.07) is 9.23. The Morgan fingerprint density at radius 3 is 2.38 bits per heavy atom. The zero-order valence-electron chi connectivity index (χ0n) is 10.9. The molecule has 0 atom stereocenters. The molecule has 16 heavy (non-hydrogen) atoms. The summed E-state index contributed by atoms with van der Waals surface area (Å²) in [6.07, 6.45) is 3.39. The van der Waals surface area contributed by atoms with Gasteiger partial charge in [-0.2, -0.15) is 0 Å². The Morgan fingerprint density at radius 2 is 1.88 bits per heavy atom. The molecule has 1 nitrogen and oxygen atoms in total. The number of benzene rings is 1. The van der Waals surface area contributed by atoms with Crippen molar-refractivity contribution in [3.05, 3.63) is 41.0 Å². The van der Waals surface area contributed by atoms with Crippen LogP contribution in [-0.2, 0) is 0 Å². The third-order valence-corrected chi connectivity index (χ3v) is 2.64. The zero-order valence-corrected chi connectivity index (χ0v) is 10.9. The Kier molecular flexibility index (Phi) is 5.27. The SMILES string of the molecule is CCC(=Cc1ccc(C)cc1)CNC(C)C. The Balaban J connectivity index is 2.67. The number of aryl methyl sites for hydroxylation is 1. The Morgan fingerprint density at radius 1 is 1.25 bits per heavy atom. The van der Waals surface area contributed by atoms with Gasteiger partial charge in [0.15, 0.2) is 0 Å². The molecular formula is C15H23N. The third-order valence-electron chi connectivity index (χ3n) is 2.64. The fraction of sp³-hybridized carbons (Fsp3) is 0.467. The van der Waals surface area contributed by atoms with Crippen molar-refractivity contribution in [1.29, 1.82) is 0 Å². The number of hydrogen-bond acceptors (Lipinski definition) is 1. The standard InChI is InChI=1S/C15H23N/c1-5-14(11-16-12(2)3)10-15-8-6-13(4)7-9-15/h6-10,12,16H,5,11H2,1-4H3. The van der Waals surface area contributed by atoms with Crippen LogP contribution in [0.2, 0.25) is 0 Å². The van der Waals surface area contributed by atoms with Gasteiger partial charge >= 0.3 is 0 Å². The predicted octanol–water partition coefficient (Wildman–Crippen LogP) is 3.79. The Hall–Kier alpha value is -1.08. The van der Waals surface area contributed by atoms with Crippen molar-refractivity contribution in [1.82, 2.24) is 5.32 Å². The molecule has 0 aromatic heterocycles. The van der Waals surface area contributed by atoms with E-state index in [4.69, 9.17) is 0 Å². The van der Waals surface area contributed by atoms with E-state index in [-0.39, 0.29) is 0 Å². The van der Waals surface area contributed by atoms with Gasteiger partial charge in [0.1, 0.15) is 0 Å². The van der Waals surface area contributed by atoms with E-state index in [0.717, 1.165) is 13.0 Å². The molecule has 1 heteroatoms. The third kappa shape index (κ3) is 4.63. The van der Waals surface area contributed by atoms with Gasteiger partial charge < -0.3 is 5.32 Å². The van der Waals surface area contributed by atoms with E-state index in [2.05, 4.69) is 63.4 Å². The molecule has 0 aliphatic rings. The summed E-state index contributed by atoms with van der Waals surface area (Å²) in [5, 5.41) is 3.46. The van der Waals surface area contributed by atoms with Gasteiger partial charge in [-0.15, -0.1) is 0 Å². The van der Waals surface area contributed by atoms with E-state index in [1.54, 1.807) is 0 Å². The fourth-order valence-corrected chi connectivity index (χ4v) is 1.51. The minimum atomic E-state index is 0.549. The lowest BCUT2D eigenvalue weighted by molar-refractivity contribution is 0.617. The van der Waals surface area contributed by atoms with E-state index in [1.807, 2.05) is 0 Å². The van der Waals surface area contributed by atoms with Gasteiger partial charge in [-0.25, -0.2) is 0 Å². The van der Waals surface area contributed by atoms with E-state index in [1.165, 1.54) is 16.7 Å². The van der Waals surface area contributed by atoms with Gasteiger partial charge in [-0.3, -0.25) is 0 Å². The molecule has 1 aromatic rings. The van der Waals surface area contributed by atoms with Crippen LogP contribution in [0.4, 0.5) is 0 Å². The monoisotopic (exact) mass is 217 g/mol. The molecule has 0 bridgehead atoms. The summed E-state index contributed by atoms with van der Waals surface area (Å²) in [4.78, 5) is 0. The van der Waals surface area contributed by atoms with Crippen LogP contribution < -0.4 is 5.32 Å². The average Bonchev–Trinajstić information content (AvgIpc) is 2.26. The summed E-state index contributed by atoms with van der Waals surface area (Å²) in [5.41, 5.74) is 4.07. The second-order valence-corrected chi connectivity index (χ2v) is 4.60. The first-order valence-corrected chi connectivity index (χ1v) is 6.11. The van der Waals surface area contributed by atoms with Crippen molar-refractivity contribution in [2.45, 2.75) is 40.2 Å². The number of hydrogen-bond donors (Lipinski definition) is 1. The highest BCUT2D eigenvalue weighted by Crippen LogP contribution is 2.10. The van der Waals surface area contributed by atoms with Crippen LogP contribution in [0.3, 0.4) is 0 Å². The van der Waals surface area contributed by atoms with Crippen molar-refractivity contribution in [3.8, 4) is 0 Å². The molecule has 0 heterocycles. The van der Waals surface area contributed by atoms with E-state index in [0.29, 0.717) is 6.04 Å². The molecule has 0 aliphatic heterocycles. The molecule has 0 spiro atoms. The smallest absolute Gasteiger partial charge is 0.0170 e. The van der Waals surface area contributed by atoms with Crippen LogP contribution in [0.25, 0.3) is 6.08 Å². The second kappa shape index (κ2) is 6.49. The molecule has 1 aromatic carbocycles. The van der Waals surface area contributed by atoms with Gasteiger partial charge in [0.05, 0.1) is 0 Å². The summed E-state index contributed by atoms with van der Waals surface area (Å²) in [5.74, 6) is 0. The van der Waals surface area contributed by atoms with Crippen LogP contribution in [0.1, 0.15) is 38.3 Å². The maximum Gasteiger partial charge on any atom is 0.0170 e. The maximum absolute atomic E-state index is 3.46. The average molecular weight is 217 g/mol. The molecular weight excluding hydrogens is 194 g/mol. The van der Waals surface area contributed by atoms with Gasteiger partial charge in [0.2, 0.25) is 0 Å². The molecule has 0 amide bonds. The van der Waals surface area contributed by atoms with E-state index < -0.39 is 0 Å². The number of nitrogens with one attached hydrogen (secondary N) is 1. The molecule has 0 unspecified atom stereocenters. The van der Waals surface area contributed by atoms with Crippen molar-refractivity contribution < 1.29 is 0 Å². The Bertz CT molecular complexity index is 333. The van der Waals surface area contributed by atoms with Crippen LogP contribution >= 0.6 is 0 Å². The highest BCUT2D eigenvalue weighted by Gasteiger charge is 1.97. The normalized spacial score (nSPS) is 12.2. The molecule has 1 rings (SSSR count). The lowest BCUT2D eigenvalue weighted by Crippen LogP contribution is -2.24. The van der Waals surface area contributed by atoms with Gasteiger partial charge in [-0.1, -0.05) is 62.2 Å².